The molecule has 0 aliphatic rings. The van der Waals surface area contributed by atoms with E-state index in [2.05, 4.69) is 10.3 Å². The number of hydrogen-bond acceptors (Lipinski definition) is 5. The molecule has 1 heterocycles. The first-order chi connectivity index (χ1) is 12.9. The molecule has 0 bridgehead atoms. The lowest BCUT2D eigenvalue weighted by Crippen LogP contribution is -2.15. The Bertz CT molecular complexity index is 964. The number of nitrogens with one attached hydrogen (secondary N) is 1. The molecule has 2 aromatic carbocycles. The molecular weight excluding hydrogens is 362 g/mol. The van der Waals surface area contributed by atoms with Crippen molar-refractivity contribution >= 4 is 40.4 Å². The molecule has 1 amide bonds. The third-order valence-corrected chi connectivity index (χ3v) is 4.86. The first kappa shape index (κ1) is 19.0. The van der Waals surface area contributed by atoms with Crippen LogP contribution in [-0.2, 0) is 16.6 Å². The third kappa shape index (κ3) is 4.68. The van der Waals surface area contributed by atoms with E-state index in [-0.39, 0.29) is 23.7 Å². The normalized spacial score (nSPS) is 11.0. The summed E-state index contributed by atoms with van der Waals surface area (Å²) in [5, 5.41) is 3.61. The maximum absolute atomic E-state index is 12.2. The van der Waals surface area contributed by atoms with Crippen LogP contribution in [0, 0.1) is 0 Å². The number of aromatic nitrogens is 2. The van der Waals surface area contributed by atoms with Crippen LogP contribution in [-0.4, -0.2) is 33.3 Å². The highest BCUT2D eigenvalue weighted by Crippen LogP contribution is 2.22. The smallest absolute Gasteiger partial charge is 0.338 e. The molecule has 7 heteroatoms. The minimum Gasteiger partial charge on any atom is -0.459 e. The first-order valence-electron chi connectivity index (χ1n) is 8.59. The zero-order valence-electron chi connectivity index (χ0n) is 15.4. The molecule has 3 rings (SSSR count). The number of carbonyl (C=O) groups excluding carboxylic acids is 2. The molecule has 6 nitrogen and oxygen atoms in total. The van der Waals surface area contributed by atoms with Crippen molar-refractivity contribution in [3.63, 3.8) is 0 Å². The van der Waals surface area contributed by atoms with Gasteiger partial charge in [-0.05, 0) is 50.2 Å². The molecule has 3 aromatic rings. The van der Waals surface area contributed by atoms with Gasteiger partial charge in [-0.25, -0.2) is 9.78 Å². The van der Waals surface area contributed by atoms with E-state index < -0.39 is 0 Å². The van der Waals surface area contributed by atoms with Crippen molar-refractivity contribution in [1.82, 2.24) is 9.55 Å². The molecule has 0 aliphatic heterocycles. The second-order valence-electron chi connectivity index (χ2n) is 6.31. The van der Waals surface area contributed by atoms with Gasteiger partial charge in [-0.3, -0.25) is 4.79 Å². The van der Waals surface area contributed by atoms with E-state index in [1.807, 2.05) is 35.9 Å². The highest BCUT2D eigenvalue weighted by atomic mass is 32.2. The monoisotopic (exact) mass is 383 g/mol. The third-order valence-electron chi connectivity index (χ3n) is 3.83. The zero-order valence-corrected chi connectivity index (χ0v) is 16.2. The van der Waals surface area contributed by atoms with Gasteiger partial charge in [0.05, 0.1) is 28.5 Å². The van der Waals surface area contributed by atoms with Crippen molar-refractivity contribution in [2.45, 2.75) is 25.1 Å². The summed E-state index contributed by atoms with van der Waals surface area (Å²) < 4.78 is 7.12. The lowest BCUT2D eigenvalue weighted by Gasteiger charge is -2.09. The molecule has 0 unspecified atom stereocenters. The maximum atomic E-state index is 12.2. The fourth-order valence-corrected chi connectivity index (χ4v) is 3.34. The number of aryl methyl sites for hydroxylation is 1. The molecule has 0 aliphatic carbocycles. The van der Waals surface area contributed by atoms with E-state index in [0.29, 0.717) is 11.3 Å². The minimum absolute atomic E-state index is 0.135. The highest BCUT2D eigenvalue weighted by molar-refractivity contribution is 7.99. The molecule has 27 heavy (non-hydrogen) atoms. The van der Waals surface area contributed by atoms with Crippen LogP contribution in [0.15, 0.2) is 53.7 Å². The van der Waals surface area contributed by atoms with Crippen molar-refractivity contribution in [3.05, 3.63) is 54.1 Å². The van der Waals surface area contributed by atoms with Crippen LogP contribution >= 0.6 is 11.8 Å². The van der Waals surface area contributed by atoms with Gasteiger partial charge in [0.2, 0.25) is 5.91 Å². The first-order valence-corrected chi connectivity index (χ1v) is 9.58. The van der Waals surface area contributed by atoms with Crippen LogP contribution in [0.4, 0.5) is 5.69 Å². The molecule has 0 saturated carbocycles. The lowest BCUT2D eigenvalue weighted by atomic mass is 10.2. The molecule has 1 N–H and O–H groups in total. The van der Waals surface area contributed by atoms with Gasteiger partial charge < -0.3 is 14.6 Å². The van der Waals surface area contributed by atoms with Crippen molar-refractivity contribution in [1.29, 1.82) is 0 Å². The van der Waals surface area contributed by atoms with Gasteiger partial charge in [-0.2, -0.15) is 0 Å². The molecule has 140 valence electrons. The number of ether oxygens (including phenoxy) is 1. The van der Waals surface area contributed by atoms with Crippen LogP contribution in [0.2, 0.25) is 0 Å². The Morgan fingerprint density at radius 2 is 1.85 bits per heavy atom. The number of hydrogen-bond donors (Lipinski definition) is 1. The predicted molar refractivity (Wildman–Crippen MR) is 107 cm³/mol. The van der Waals surface area contributed by atoms with Crippen molar-refractivity contribution < 1.29 is 14.3 Å². The molecular formula is C20H21N3O3S. The summed E-state index contributed by atoms with van der Waals surface area (Å²) >= 11 is 1.38. The average molecular weight is 383 g/mol. The molecule has 0 fully saturated rings. The Labute approximate surface area is 161 Å². The number of nitrogens with zero attached hydrogens (tertiary/aromatic N) is 2. The predicted octanol–water partition coefficient (Wildman–Crippen LogP) is 3.87. The Balaban J connectivity index is 1.57. The second kappa shape index (κ2) is 8.26. The van der Waals surface area contributed by atoms with Crippen LogP contribution in [0.3, 0.4) is 0 Å². The number of benzene rings is 2. The van der Waals surface area contributed by atoms with Crippen LogP contribution in [0.1, 0.15) is 24.2 Å². The quantitative estimate of drug-likeness (QED) is 0.517. The van der Waals surface area contributed by atoms with Crippen LogP contribution in [0.25, 0.3) is 11.0 Å². The SMILES string of the molecule is CC(C)OC(=O)c1ccc(NC(=O)CSc2nc3ccccc3n2C)cc1. The Hall–Kier alpha value is -2.80. The molecule has 1 aromatic heterocycles. The number of para-hydroxylation sites is 2. The minimum atomic E-state index is -0.375. The number of anilines is 1. The summed E-state index contributed by atoms with van der Waals surface area (Å²) in [6.45, 7) is 3.60. The zero-order chi connectivity index (χ0) is 19.4. The number of amides is 1. The van der Waals surface area contributed by atoms with E-state index in [0.717, 1.165) is 16.2 Å². The summed E-state index contributed by atoms with van der Waals surface area (Å²) in [6.07, 6.45) is -0.170. The van der Waals surface area contributed by atoms with Crippen molar-refractivity contribution in [3.8, 4) is 0 Å². The van der Waals surface area contributed by atoms with E-state index in [4.69, 9.17) is 4.74 Å². The number of rotatable bonds is 6. The van der Waals surface area contributed by atoms with Crippen LogP contribution < -0.4 is 5.32 Å². The number of carbonyl (C=O) groups is 2. The second-order valence-corrected chi connectivity index (χ2v) is 7.25. The maximum Gasteiger partial charge on any atom is 0.338 e. The standard InChI is InChI=1S/C20H21N3O3S/c1-13(2)26-19(25)14-8-10-15(11-9-14)21-18(24)12-27-20-22-16-6-4-5-7-17(16)23(20)3/h4-11,13H,12H2,1-3H3,(H,21,24). The number of thioether (sulfide) groups is 1. The van der Waals surface area contributed by atoms with Crippen molar-refractivity contribution in [2.75, 3.05) is 11.1 Å². The molecule has 0 radical (unpaired) electrons. The summed E-state index contributed by atoms with van der Waals surface area (Å²) in [4.78, 5) is 28.6. The van der Waals surface area contributed by atoms with Gasteiger partial charge in [0.25, 0.3) is 0 Å². The highest BCUT2D eigenvalue weighted by Gasteiger charge is 2.12. The van der Waals surface area contributed by atoms with E-state index >= 15 is 0 Å². The molecule has 0 spiro atoms. The van der Waals surface area contributed by atoms with E-state index in [1.54, 1.807) is 38.1 Å². The topological polar surface area (TPSA) is 73.2 Å². The number of imidazole rings is 1. The lowest BCUT2D eigenvalue weighted by molar-refractivity contribution is -0.113. The summed E-state index contributed by atoms with van der Waals surface area (Å²) in [7, 11) is 1.94. The fraction of sp³-hybridized carbons (Fsp3) is 0.250. The average Bonchev–Trinajstić information content (AvgIpc) is 2.96. The summed E-state index contributed by atoms with van der Waals surface area (Å²) in [6, 6.07) is 14.5. The van der Waals surface area contributed by atoms with Gasteiger partial charge in [-0.1, -0.05) is 23.9 Å². The van der Waals surface area contributed by atoms with Gasteiger partial charge in [0.1, 0.15) is 0 Å². The van der Waals surface area contributed by atoms with E-state index in [1.165, 1.54) is 11.8 Å². The number of fused-ring (bicyclic) bond motifs is 1. The molecule has 0 saturated heterocycles. The fourth-order valence-electron chi connectivity index (χ4n) is 2.55. The van der Waals surface area contributed by atoms with Gasteiger partial charge in [0.15, 0.2) is 5.16 Å². The largest absolute Gasteiger partial charge is 0.459 e. The Morgan fingerprint density at radius 1 is 1.15 bits per heavy atom. The Morgan fingerprint density at radius 3 is 2.52 bits per heavy atom. The number of esters is 1. The van der Waals surface area contributed by atoms with Crippen LogP contribution in [0.5, 0.6) is 0 Å². The van der Waals surface area contributed by atoms with Gasteiger partial charge in [-0.15, -0.1) is 0 Å². The van der Waals surface area contributed by atoms with Gasteiger partial charge in [0, 0.05) is 12.7 Å². The Kier molecular flexibility index (Phi) is 5.81. The molecule has 0 atom stereocenters. The summed E-state index contributed by atoms with van der Waals surface area (Å²) in [5.74, 6) is -0.265. The van der Waals surface area contributed by atoms with E-state index in [9.17, 15) is 9.59 Å². The summed E-state index contributed by atoms with van der Waals surface area (Å²) in [5.41, 5.74) is 3.03. The van der Waals surface area contributed by atoms with Crippen molar-refractivity contribution in [2.24, 2.45) is 7.05 Å². The van der Waals surface area contributed by atoms with Gasteiger partial charge >= 0.3 is 5.97 Å².